The summed E-state index contributed by atoms with van der Waals surface area (Å²) in [5, 5.41) is 3.01. The van der Waals surface area contributed by atoms with Crippen LogP contribution in [0.3, 0.4) is 0 Å². The van der Waals surface area contributed by atoms with Crippen molar-refractivity contribution in [2.24, 2.45) is 10.9 Å². The Morgan fingerprint density at radius 1 is 1.47 bits per heavy atom. The molecule has 15 heavy (non-hydrogen) atoms. The molecule has 2 heterocycles. The van der Waals surface area contributed by atoms with E-state index < -0.39 is 0 Å². The SMILES string of the molecule is CC1CCC(C)N(C2=NCC(CBr)S2)C1. The zero-order chi connectivity index (χ0) is 10.8. The van der Waals surface area contributed by atoms with E-state index in [9.17, 15) is 0 Å². The lowest BCUT2D eigenvalue weighted by Crippen LogP contribution is -2.43. The highest BCUT2D eigenvalue weighted by atomic mass is 79.9. The predicted molar refractivity (Wildman–Crippen MR) is 72.0 cm³/mol. The van der Waals surface area contributed by atoms with E-state index in [2.05, 4.69) is 39.7 Å². The van der Waals surface area contributed by atoms with Gasteiger partial charge in [-0.15, -0.1) is 0 Å². The normalized spacial score (nSPS) is 36.9. The molecule has 0 saturated carbocycles. The molecule has 2 aliphatic heterocycles. The highest BCUT2D eigenvalue weighted by Gasteiger charge is 2.29. The Balaban J connectivity index is 1.97. The van der Waals surface area contributed by atoms with Gasteiger partial charge in [-0.25, -0.2) is 0 Å². The van der Waals surface area contributed by atoms with Crippen LogP contribution in [0.4, 0.5) is 0 Å². The van der Waals surface area contributed by atoms with Gasteiger partial charge in [0, 0.05) is 23.2 Å². The summed E-state index contributed by atoms with van der Waals surface area (Å²) in [5.41, 5.74) is 0. The minimum Gasteiger partial charge on any atom is -0.349 e. The molecule has 86 valence electrons. The monoisotopic (exact) mass is 290 g/mol. The molecule has 0 spiro atoms. The van der Waals surface area contributed by atoms with Crippen LogP contribution < -0.4 is 0 Å². The van der Waals surface area contributed by atoms with Gasteiger partial charge in [0.1, 0.15) is 0 Å². The van der Waals surface area contributed by atoms with E-state index in [0.29, 0.717) is 11.3 Å². The quantitative estimate of drug-likeness (QED) is 0.690. The van der Waals surface area contributed by atoms with Gasteiger partial charge in [0.25, 0.3) is 0 Å². The fourth-order valence-electron chi connectivity index (χ4n) is 2.20. The summed E-state index contributed by atoms with van der Waals surface area (Å²) < 4.78 is 0. The number of halogens is 1. The van der Waals surface area contributed by atoms with E-state index in [1.165, 1.54) is 24.6 Å². The Labute approximate surface area is 105 Å². The molecule has 1 saturated heterocycles. The average molecular weight is 291 g/mol. The average Bonchev–Trinajstić information content (AvgIpc) is 2.70. The number of rotatable bonds is 1. The van der Waals surface area contributed by atoms with Gasteiger partial charge in [0.2, 0.25) is 0 Å². The number of thioether (sulfide) groups is 1. The van der Waals surface area contributed by atoms with Crippen molar-refractivity contribution in [3.8, 4) is 0 Å². The summed E-state index contributed by atoms with van der Waals surface area (Å²) in [6.45, 7) is 6.86. The summed E-state index contributed by atoms with van der Waals surface area (Å²) in [5.74, 6) is 0.826. The van der Waals surface area contributed by atoms with Crippen LogP contribution in [0.2, 0.25) is 0 Å². The van der Waals surface area contributed by atoms with E-state index in [4.69, 9.17) is 0 Å². The molecule has 1 fully saturated rings. The number of nitrogens with zero attached hydrogens (tertiary/aromatic N) is 2. The molecule has 4 heteroatoms. The second-order valence-corrected chi connectivity index (χ2v) is 6.62. The fourth-order valence-corrected chi connectivity index (χ4v) is 3.85. The molecule has 2 aliphatic rings. The number of aliphatic imine (C=N–C) groups is 1. The molecule has 2 rings (SSSR count). The maximum atomic E-state index is 4.67. The number of amidine groups is 1. The summed E-state index contributed by atoms with van der Waals surface area (Å²) >= 11 is 5.49. The molecule has 0 radical (unpaired) electrons. The first-order valence-corrected chi connectivity index (χ1v) is 7.74. The molecule has 3 atom stereocenters. The van der Waals surface area contributed by atoms with Gasteiger partial charge in [-0.3, -0.25) is 4.99 Å². The summed E-state index contributed by atoms with van der Waals surface area (Å²) in [4.78, 5) is 7.19. The largest absolute Gasteiger partial charge is 0.349 e. The van der Waals surface area contributed by atoms with Crippen LogP contribution >= 0.6 is 27.7 Å². The molecular weight excluding hydrogens is 272 g/mol. The summed E-state index contributed by atoms with van der Waals surface area (Å²) in [7, 11) is 0. The van der Waals surface area contributed by atoms with E-state index >= 15 is 0 Å². The molecular formula is C11H19BrN2S. The maximum absolute atomic E-state index is 4.67. The third kappa shape index (κ3) is 2.70. The van der Waals surface area contributed by atoms with E-state index in [1.807, 2.05) is 11.8 Å². The Bertz CT molecular complexity index is 257. The first kappa shape index (κ1) is 11.8. The second-order valence-electron chi connectivity index (χ2n) is 4.70. The number of hydrogen-bond acceptors (Lipinski definition) is 3. The summed E-state index contributed by atoms with van der Waals surface area (Å²) in [6.07, 6.45) is 2.69. The Morgan fingerprint density at radius 3 is 2.93 bits per heavy atom. The standard InChI is InChI=1S/C11H19BrN2S/c1-8-3-4-9(2)14(7-8)11-13-6-10(5-12)15-11/h8-10H,3-7H2,1-2H3. The second kappa shape index (κ2) is 5.09. The topological polar surface area (TPSA) is 15.6 Å². The molecule has 2 nitrogen and oxygen atoms in total. The van der Waals surface area contributed by atoms with Crippen LogP contribution in [-0.4, -0.2) is 39.8 Å². The van der Waals surface area contributed by atoms with Crippen LogP contribution in [0.1, 0.15) is 26.7 Å². The number of piperidine rings is 1. The van der Waals surface area contributed by atoms with Crippen LogP contribution in [0.25, 0.3) is 0 Å². The number of likely N-dealkylation sites (tertiary alicyclic amines) is 1. The third-order valence-electron chi connectivity index (χ3n) is 3.24. The van der Waals surface area contributed by atoms with Crippen molar-refractivity contribution in [2.45, 2.75) is 38.0 Å². The highest BCUT2D eigenvalue weighted by molar-refractivity contribution is 9.09. The minimum atomic E-state index is 0.657. The van der Waals surface area contributed by atoms with Crippen LogP contribution in [-0.2, 0) is 0 Å². The maximum Gasteiger partial charge on any atom is 0.159 e. The smallest absolute Gasteiger partial charge is 0.159 e. The predicted octanol–water partition coefficient (Wildman–Crippen LogP) is 2.97. The molecule has 0 N–H and O–H groups in total. The van der Waals surface area contributed by atoms with Crippen LogP contribution in [0.15, 0.2) is 4.99 Å². The molecule has 0 bridgehead atoms. The first-order chi connectivity index (χ1) is 7.20. The molecule has 0 aromatic heterocycles. The fraction of sp³-hybridized carbons (Fsp3) is 0.909. The van der Waals surface area contributed by atoms with Crippen molar-refractivity contribution in [1.29, 1.82) is 0 Å². The number of alkyl halides is 1. The zero-order valence-electron chi connectivity index (χ0n) is 9.45. The van der Waals surface area contributed by atoms with Gasteiger partial charge < -0.3 is 4.90 Å². The zero-order valence-corrected chi connectivity index (χ0v) is 11.9. The van der Waals surface area contributed by atoms with Gasteiger partial charge in [-0.05, 0) is 25.7 Å². The van der Waals surface area contributed by atoms with Crippen molar-refractivity contribution in [3.63, 3.8) is 0 Å². The van der Waals surface area contributed by atoms with Gasteiger partial charge in [-0.1, -0.05) is 34.6 Å². The van der Waals surface area contributed by atoms with Crippen LogP contribution in [0, 0.1) is 5.92 Å². The Kier molecular flexibility index (Phi) is 3.99. The van der Waals surface area contributed by atoms with Crippen molar-refractivity contribution in [3.05, 3.63) is 0 Å². The lowest BCUT2D eigenvalue weighted by Gasteiger charge is -2.38. The van der Waals surface area contributed by atoms with Gasteiger partial charge in [0.15, 0.2) is 5.17 Å². The molecule has 0 aromatic carbocycles. The van der Waals surface area contributed by atoms with Crippen molar-refractivity contribution < 1.29 is 0 Å². The van der Waals surface area contributed by atoms with Crippen molar-refractivity contribution in [1.82, 2.24) is 4.90 Å². The van der Waals surface area contributed by atoms with Crippen molar-refractivity contribution >= 4 is 32.9 Å². The number of hydrogen-bond donors (Lipinski definition) is 0. The van der Waals surface area contributed by atoms with Crippen molar-refractivity contribution in [2.75, 3.05) is 18.4 Å². The Hall–Kier alpha value is 0.300. The Morgan fingerprint density at radius 2 is 2.27 bits per heavy atom. The molecule has 0 aromatic rings. The first-order valence-electron chi connectivity index (χ1n) is 5.74. The van der Waals surface area contributed by atoms with E-state index in [0.717, 1.165) is 17.8 Å². The van der Waals surface area contributed by atoms with E-state index in [1.54, 1.807) is 0 Å². The lowest BCUT2D eigenvalue weighted by molar-refractivity contribution is 0.211. The van der Waals surface area contributed by atoms with E-state index in [-0.39, 0.29) is 0 Å². The minimum absolute atomic E-state index is 0.657. The summed E-state index contributed by atoms with van der Waals surface area (Å²) in [6, 6.07) is 0.682. The van der Waals surface area contributed by atoms with Crippen LogP contribution in [0.5, 0.6) is 0 Å². The van der Waals surface area contributed by atoms with Gasteiger partial charge >= 0.3 is 0 Å². The third-order valence-corrected chi connectivity index (χ3v) is 5.67. The van der Waals surface area contributed by atoms with Gasteiger partial charge in [-0.2, -0.15) is 0 Å². The van der Waals surface area contributed by atoms with Gasteiger partial charge in [0.05, 0.1) is 6.54 Å². The molecule has 3 unspecified atom stereocenters. The molecule has 0 aliphatic carbocycles. The lowest BCUT2D eigenvalue weighted by atomic mass is 9.96. The highest BCUT2D eigenvalue weighted by Crippen LogP contribution is 2.30. The molecule has 0 amide bonds.